The molecule has 1 aliphatic heterocycles. The predicted molar refractivity (Wildman–Crippen MR) is 95.9 cm³/mol. The molecule has 0 saturated carbocycles. The van der Waals surface area contributed by atoms with E-state index in [9.17, 15) is 19.5 Å². The van der Waals surface area contributed by atoms with Gasteiger partial charge in [-0.25, -0.2) is 9.97 Å². The molecule has 0 radical (unpaired) electrons. The van der Waals surface area contributed by atoms with Gasteiger partial charge in [0.15, 0.2) is 10.1 Å². The topological polar surface area (TPSA) is 115 Å². The number of thiazole rings is 2. The largest absolute Gasteiger partial charge is 0.550 e. The molecule has 1 N–H and O–H groups in total. The highest BCUT2D eigenvalue weighted by Gasteiger charge is 2.26. The minimum Gasteiger partial charge on any atom is -0.550 e. The second-order valence-electron chi connectivity index (χ2n) is 6.04. The van der Waals surface area contributed by atoms with Gasteiger partial charge in [0, 0.05) is 37.3 Å². The summed E-state index contributed by atoms with van der Waals surface area (Å²) in [6.07, 6.45) is 0.806. The van der Waals surface area contributed by atoms with Crippen LogP contribution >= 0.6 is 22.7 Å². The van der Waals surface area contributed by atoms with E-state index in [0.29, 0.717) is 41.8 Å². The van der Waals surface area contributed by atoms with Crippen molar-refractivity contribution in [2.24, 2.45) is 5.92 Å². The molecule has 0 bridgehead atoms. The zero-order valence-corrected chi connectivity index (χ0v) is 15.9. The van der Waals surface area contributed by atoms with Gasteiger partial charge in [-0.05, 0) is 19.8 Å². The van der Waals surface area contributed by atoms with E-state index in [1.54, 1.807) is 10.3 Å². The molecule has 0 unspecified atom stereocenters. The first kappa shape index (κ1) is 18.5. The predicted octanol–water partition coefficient (Wildman–Crippen LogP) is 1.14. The summed E-state index contributed by atoms with van der Waals surface area (Å²) < 4.78 is 0. The number of nitrogens with one attached hydrogen (secondary N) is 1. The van der Waals surface area contributed by atoms with Crippen molar-refractivity contribution in [3.05, 3.63) is 16.1 Å². The number of aliphatic carboxylic acids is 1. The van der Waals surface area contributed by atoms with Crippen molar-refractivity contribution in [2.75, 3.05) is 18.4 Å². The third-order valence-corrected chi connectivity index (χ3v) is 6.04. The summed E-state index contributed by atoms with van der Waals surface area (Å²) in [7, 11) is 0. The fraction of sp³-hybridized carbons (Fsp3) is 0.438. The standard InChI is InChI=1S/C16H18N4O4S2/c1-8-12(26-16(17-8)18-9(2)21)11-7-25-13(19-11)14(22)20-5-3-10(4-6-20)15(23)24/h7,10H,3-6H2,1-2H3,(H,23,24)(H,17,18,21)/p-1. The number of nitrogens with zero attached hydrogens (tertiary/aromatic N) is 3. The van der Waals surface area contributed by atoms with Crippen LogP contribution < -0.4 is 10.4 Å². The number of carboxylic acid groups (broad SMARTS) is 1. The van der Waals surface area contributed by atoms with Gasteiger partial charge in [-0.3, -0.25) is 9.59 Å². The number of aryl methyl sites for hydroxylation is 1. The van der Waals surface area contributed by atoms with Crippen molar-refractivity contribution in [1.82, 2.24) is 14.9 Å². The van der Waals surface area contributed by atoms with E-state index in [4.69, 9.17) is 0 Å². The van der Waals surface area contributed by atoms with Crippen LogP contribution in [0, 0.1) is 12.8 Å². The van der Waals surface area contributed by atoms with Crippen LogP contribution in [0.3, 0.4) is 0 Å². The molecule has 3 heterocycles. The number of amides is 2. The van der Waals surface area contributed by atoms with Gasteiger partial charge in [-0.15, -0.1) is 11.3 Å². The van der Waals surface area contributed by atoms with Crippen molar-refractivity contribution in [1.29, 1.82) is 0 Å². The molecule has 1 fully saturated rings. The van der Waals surface area contributed by atoms with E-state index < -0.39 is 11.9 Å². The first-order valence-corrected chi connectivity index (χ1v) is 9.76. The number of carbonyl (C=O) groups is 3. The molecule has 10 heteroatoms. The first-order valence-electron chi connectivity index (χ1n) is 8.06. The maximum absolute atomic E-state index is 12.6. The summed E-state index contributed by atoms with van der Waals surface area (Å²) in [6, 6.07) is 0. The van der Waals surface area contributed by atoms with Gasteiger partial charge in [0.05, 0.1) is 16.3 Å². The smallest absolute Gasteiger partial charge is 0.282 e. The number of aromatic nitrogens is 2. The monoisotopic (exact) mass is 393 g/mol. The van der Waals surface area contributed by atoms with E-state index in [1.807, 2.05) is 6.92 Å². The van der Waals surface area contributed by atoms with Crippen molar-refractivity contribution in [2.45, 2.75) is 26.7 Å². The molecule has 2 aromatic rings. The average molecular weight is 393 g/mol. The summed E-state index contributed by atoms with van der Waals surface area (Å²) in [5.74, 6) is -1.93. The zero-order valence-electron chi connectivity index (χ0n) is 14.3. The molecule has 1 saturated heterocycles. The van der Waals surface area contributed by atoms with Gasteiger partial charge in [0.25, 0.3) is 5.91 Å². The molecule has 0 atom stereocenters. The summed E-state index contributed by atoms with van der Waals surface area (Å²) in [5, 5.41) is 16.2. The van der Waals surface area contributed by atoms with Crippen LogP contribution in [0.2, 0.25) is 0 Å². The van der Waals surface area contributed by atoms with Crippen LogP contribution in [-0.4, -0.2) is 45.7 Å². The zero-order chi connectivity index (χ0) is 18.8. The number of carboxylic acids is 1. The highest BCUT2D eigenvalue weighted by Crippen LogP contribution is 2.33. The molecule has 138 valence electrons. The van der Waals surface area contributed by atoms with Gasteiger partial charge >= 0.3 is 0 Å². The van der Waals surface area contributed by atoms with Crippen LogP contribution in [0.5, 0.6) is 0 Å². The van der Waals surface area contributed by atoms with Crippen molar-refractivity contribution in [3.63, 3.8) is 0 Å². The van der Waals surface area contributed by atoms with Crippen molar-refractivity contribution >= 4 is 45.6 Å². The second kappa shape index (κ2) is 7.50. The Morgan fingerprint density at radius 3 is 2.58 bits per heavy atom. The highest BCUT2D eigenvalue weighted by atomic mass is 32.1. The lowest BCUT2D eigenvalue weighted by Crippen LogP contribution is -2.43. The Morgan fingerprint density at radius 2 is 1.96 bits per heavy atom. The quantitative estimate of drug-likeness (QED) is 0.833. The second-order valence-corrected chi connectivity index (χ2v) is 7.90. The SMILES string of the molecule is CC(=O)Nc1nc(C)c(-c2csc(C(=O)N3CCC(C(=O)[O-])CC3)n2)s1. The lowest BCUT2D eigenvalue weighted by Gasteiger charge is -2.31. The van der Waals surface area contributed by atoms with E-state index in [-0.39, 0.29) is 11.8 Å². The van der Waals surface area contributed by atoms with Crippen LogP contribution in [0.4, 0.5) is 5.13 Å². The molecule has 3 rings (SSSR count). The van der Waals surface area contributed by atoms with E-state index in [2.05, 4.69) is 15.3 Å². The van der Waals surface area contributed by atoms with Crippen LogP contribution in [-0.2, 0) is 9.59 Å². The van der Waals surface area contributed by atoms with Crippen LogP contribution in [0.25, 0.3) is 10.6 Å². The summed E-state index contributed by atoms with van der Waals surface area (Å²) >= 11 is 2.55. The molecular formula is C16H17N4O4S2-. The Balaban J connectivity index is 1.72. The van der Waals surface area contributed by atoms with Crippen LogP contribution in [0.15, 0.2) is 5.38 Å². The number of hydrogen-bond acceptors (Lipinski definition) is 8. The minimum absolute atomic E-state index is 0.192. The lowest BCUT2D eigenvalue weighted by molar-refractivity contribution is -0.312. The summed E-state index contributed by atoms with van der Waals surface area (Å²) in [5.41, 5.74) is 1.38. The number of anilines is 1. The Bertz CT molecular complexity index is 852. The summed E-state index contributed by atoms with van der Waals surface area (Å²) in [6.45, 7) is 4.01. The first-order chi connectivity index (χ1) is 12.3. The van der Waals surface area contributed by atoms with Gasteiger partial charge in [0.1, 0.15) is 0 Å². The number of hydrogen-bond donors (Lipinski definition) is 1. The Kier molecular flexibility index (Phi) is 5.33. The molecule has 26 heavy (non-hydrogen) atoms. The number of carbonyl (C=O) groups excluding carboxylic acids is 3. The average Bonchev–Trinajstić information content (AvgIpc) is 3.20. The maximum atomic E-state index is 12.6. The molecular weight excluding hydrogens is 376 g/mol. The third kappa shape index (κ3) is 3.91. The molecule has 0 aromatic carbocycles. The molecule has 8 nitrogen and oxygen atoms in total. The summed E-state index contributed by atoms with van der Waals surface area (Å²) in [4.78, 5) is 45.8. The van der Waals surface area contributed by atoms with Gasteiger partial charge < -0.3 is 20.1 Å². The lowest BCUT2D eigenvalue weighted by atomic mass is 9.97. The van der Waals surface area contributed by atoms with Gasteiger partial charge in [-0.2, -0.15) is 0 Å². The maximum Gasteiger partial charge on any atom is 0.282 e. The number of likely N-dealkylation sites (tertiary alicyclic amines) is 1. The molecule has 2 amide bonds. The molecule has 1 aliphatic rings. The number of rotatable bonds is 4. The van der Waals surface area contributed by atoms with Gasteiger partial charge in [0.2, 0.25) is 5.91 Å². The van der Waals surface area contributed by atoms with E-state index >= 15 is 0 Å². The molecule has 0 aliphatic carbocycles. The van der Waals surface area contributed by atoms with Crippen molar-refractivity contribution < 1.29 is 19.5 Å². The fourth-order valence-electron chi connectivity index (χ4n) is 2.77. The Hall–Kier alpha value is -2.33. The van der Waals surface area contributed by atoms with E-state index in [0.717, 1.165) is 10.6 Å². The molecule has 0 spiro atoms. The highest BCUT2D eigenvalue weighted by molar-refractivity contribution is 7.19. The molecule has 2 aromatic heterocycles. The Labute approximate surface area is 157 Å². The third-order valence-electron chi connectivity index (χ3n) is 4.11. The Morgan fingerprint density at radius 1 is 1.27 bits per heavy atom. The van der Waals surface area contributed by atoms with Crippen molar-refractivity contribution in [3.8, 4) is 10.6 Å². The van der Waals surface area contributed by atoms with E-state index in [1.165, 1.54) is 29.6 Å². The fourth-order valence-corrected chi connectivity index (χ4v) is 4.59. The number of piperidine rings is 1. The minimum atomic E-state index is -1.05. The normalized spacial score (nSPS) is 15.1. The van der Waals surface area contributed by atoms with Crippen LogP contribution in [0.1, 0.15) is 35.3 Å². The van der Waals surface area contributed by atoms with Gasteiger partial charge in [-0.1, -0.05) is 11.3 Å².